The molecule has 0 bridgehead atoms. The van der Waals surface area contributed by atoms with Crippen LogP contribution in [0.4, 0.5) is 5.00 Å². The van der Waals surface area contributed by atoms with Gasteiger partial charge in [0, 0.05) is 24.2 Å². The maximum Gasteiger partial charge on any atom is 0.341 e. The second-order valence-electron chi connectivity index (χ2n) is 10.0. The fraction of sp³-hybridized carbons (Fsp3) is 0.414. The molecule has 4 aromatic rings. The number of aromatic nitrogens is 3. The van der Waals surface area contributed by atoms with Gasteiger partial charge in [-0.15, -0.1) is 11.3 Å². The van der Waals surface area contributed by atoms with Crippen molar-refractivity contribution in [1.29, 1.82) is 5.41 Å². The molecule has 5 rings (SSSR count). The van der Waals surface area contributed by atoms with Crippen molar-refractivity contribution in [3.8, 4) is 0 Å². The molecule has 4 aromatic heterocycles. The highest BCUT2D eigenvalue weighted by Gasteiger charge is 2.28. The van der Waals surface area contributed by atoms with Crippen LogP contribution in [-0.4, -0.2) is 45.1 Å². The third-order valence-electron chi connectivity index (χ3n) is 6.92. The van der Waals surface area contributed by atoms with Crippen LogP contribution in [0.2, 0.25) is 0 Å². The Morgan fingerprint density at radius 3 is 2.80 bits per heavy atom. The van der Waals surface area contributed by atoms with E-state index in [1.54, 1.807) is 35.9 Å². The van der Waals surface area contributed by atoms with Crippen molar-refractivity contribution in [3.05, 3.63) is 67.9 Å². The molecule has 0 fully saturated rings. The first-order valence-electron chi connectivity index (χ1n) is 13.6. The van der Waals surface area contributed by atoms with E-state index >= 15 is 0 Å². The average Bonchev–Trinajstić information content (AvgIpc) is 3.30. The summed E-state index contributed by atoms with van der Waals surface area (Å²) in [6.07, 6.45) is 5.84. The number of anilines is 1. The van der Waals surface area contributed by atoms with Crippen LogP contribution in [0.3, 0.4) is 0 Å². The molecule has 11 heteroatoms. The molecule has 0 unspecified atom stereocenters. The van der Waals surface area contributed by atoms with Crippen molar-refractivity contribution >= 4 is 44.9 Å². The van der Waals surface area contributed by atoms with Gasteiger partial charge < -0.3 is 19.4 Å². The van der Waals surface area contributed by atoms with Crippen LogP contribution < -0.4 is 16.4 Å². The van der Waals surface area contributed by atoms with Gasteiger partial charge in [-0.1, -0.05) is 6.07 Å². The smallest absolute Gasteiger partial charge is 0.341 e. The van der Waals surface area contributed by atoms with Crippen molar-refractivity contribution in [2.24, 2.45) is 0 Å². The lowest BCUT2D eigenvalue weighted by atomic mass is 9.95. The topological polar surface area (TPSA) is 128 Å². The fourth-order valence-electron chi connectivity index (χ4n) is 5.06. The number of thiophene rings is 1. The molecule has 210 valence electrons. The zero-order chi connectivity index (χ0) is 28.4. The molecule has 10 nitrogen and oxygen atoms in total. The second kappa shape index (κ2) is 11.7. The molecule has 2 N–H and O–H groups in total. The summed E-state index contributed by atoms with van der Waals surface area (Å²) in [4.78, 5) is 45.9. The van der Waals surface area contributed by atoms with Gasteiger partial charge in [0.05, 0.1) is 29.2 Å². The fourth-order valence-corrected chi connectivity index (χ4v) is 6.34. The lowest BCUT2D eigenvalue weighted by Gasteiger charge is -2.15. The molecule has 0 spiro atoms. The third-order valence-corrected chi connectivity index (χ3v) is 8.13. The van der Waals surface area contributed by atoms with Gasteiger partial charge in [0.25, 0.3) is 11.5 Å². The maximum absolute atomic E-state index is 13.7. The molecule has 40 heavy (non-hydrogen) atoms. The summed E-state index contributed by atoms with van der Waals surface area (Å²) in [7, 11) is 0. The minimum absolute atomic E-state index is 0.0215. The standard InChI is InChI=1S/C29H33N5O5S/c1-4-38-29(37)23-18-10-5-6-11-21(18)40-27(23)32-26(35)19-16-20-25(31-22-12-7-8-13-33(22)28(20)36)34(24(19)30)14-9-15-39-17(2)3/h7-8,12-13,16-17,30H,4-6,9-11,14-15H2,1-3H3,(H,32,35). The Morgan fingerprint density at radius 2 is 2.02 bits per heavy atom. The van der Waals surface area contributed by atoms with Crippen molar-refractivity contribution in [2.45, 2.75) is 65.5 Å². The normalized spacial score (nSPS) is 13.1. The lowest BCUT2D eigenvalue weighted by molar-refractivity contribution is 0.0526. The molecule has 0 aliphatic heterocycles. The number of hydrogen-bond acceptors (Lipinski definition) is 8. The highest BCUT2D eigenvalue weighted by atomic mass is 32.1. The summed E-state index contributed by atoms with van der Waals surface area (Å²) in [6, 6.07) is 6.69. The molecule has 0 atom stereocenters. The van der Waals surface area contributed by atoms with Crippen molar-refractivity contribution < 1.29 is 19.1 Å². The van der Waals surface area contributed by atoms with Crippen LogP contribution in [-0.2, 0) is 28.9 Å². The minimum Gasteiger partial charge on any atom is -0.462 e. The number of rotatable bonds is 9. The molecular formula is C29H33N5O5S. The number of aryl methyl sites for hydroxylation is 2. The molecule has 0 aromatic carbocycles. The molecule has 0 radical (unpaired) electrons. The predicted molar refractivity (Wildman–Crippen MR) is 153 cm³/mol. The van der Waals surface area contributed by atoms with Gasteiger partial charge in [0.2, 0.25) is 0 Å². The third kappa shape index (κ3) is 5.31. The Kier molecular flexibility index (Phi) is 8.13. The summed E-state index contributed by atoms with van der Waals surface area (Å²) in [5.74, 6) is -1.03. The molecule has 0 saturated heterocycles. The van der Waals surface area contributed by atoms with Gasteiger partial charge >= 0.3 is 5.97 Å². The Labute approximate surface area is 235 Å². The van der Waals surface area contributed by atoms with Gasteiger partial charge in [-0.2, -0.15) is 0 Å². The van der Waals surface area contributed by atoms with E-state index in [9.17, 15) is 14.4 Å². The van der Waals surface area contributed by atoms with E-state index in [-0.39, 0.29) is 34.7 Å². The summed E-state index contributed by atoms with van der Waals surface area (Å²) in [5.41, 5.74) is 1.74. The lowest BCUT2D eigenvalue weighted by Crippen LogP contribution is -2.32. The maximum atomic E-state index is 13.7. The molecule has 4 heterocycles. The number of hydrogen-bond donors (Lipinski definition) is 2. The Bertz CT molecular complexity index is 1720. The first-order chi connectivity index (χ1) is 19.3. The van der Waals surface area contributed by atoms with Crippen LogP contribution in [0, 0.1) is 5.41 Å². The van der Waals surface area contributed by atoms with Gasteiger partial charge in [-0.3, -0.25) is 19.4 Å². The first-order valence-corrected chi connectivity index (χ1v) is 14.5. The van der Waals surface area contributed by atoms with E-state index < -0.39 is 11.9 Å². The number of carbonyl (C=O) groups is 2. The molecule has 1 aliphatic rings. The zero-order valence-corrected chi connectivity index (χ0v) is 23.7. The summed E-state index contributed by atoms with van der Waals surface area (Å²) in [6.45, 7) is 6.66. The summed E-state index contributed by atoms with van der Waals surface area (Å²) >= 11 is 1.38. The SMILES string of the molecule is CCOC(=O)c1c(NC(=O)c2cc3c(=O)n4ccccc4nc3n(CCCOC(C)C)c2=N)sc2c1CCCC2. The first kappa shape index (κ1) is 27.7. The van der Waals surface area contributed by atoms with Crippen molar-refractivity contribution in [3.63, 3.8) is 0 Å². The number of amides is 1. The van der Waals surface area contributed by atoms with Gasteiger partial charge in [0.1, 0.15) is 21.8 Å². The Morgan fingerprint density at radius 1 is 1.23 bits per heavy atom. The van der Waals surface area contributed by atoms with Crippen molar-refractivity contribution in [1.82, 2.24) is 14.0 Å². The second-order valence-corrected chi connectivity index (χ2v) is 11.1. The van der Waals surface area contributed by atoms with Gasteiger partial charge in [0.15, 0.2) is 0 Å². The largest absolute Gasteiger partial charge is 0.462 e. The quantitative estimate of drug-likeness (QED) is 0.177. The van der Waals surface area contributed by atoms with Gasteiger partial charge in [-0.05, 0) is 76.6 Å². The average molecular weight is 564 g/mol. The zero-order valence-electron chi connectivity index (χ0n) is 22.9. The number of nitrogens with one attached hydrogen (secondary N) is 2. The molecule has 1 aliphatic carbocycles. The van der Waals surface area contributed by atoms with Crippen LogP contribution in [0.15, 0.2) is 35.3 Å². The highest BCUT2D eigenvalue weighted by Crippen LogP contribution is 2.38. The van der Waals surface area contributed by atoms with Gasteiger partial charge in [-0.25, -0.2) is 9.78 Å². The monoisotopic (exact) mass is 563 g/mol. The molecule has 1 amide bonds. The molecular weight excluding hydrogens is 530 g/mol. The van der Waals surface area contributed by atoms with E-state index in [1.807, 2.05) is 13.8 Å². The van der Waals surface area contributed by atoms with E-state index in [2.05, 4.69) is 10.3 Å². The van der Waals surface area contributed by atoms with E-state index in [0.717, 1.165) is 36.1 Å². The molecule has 0 saturated carbocycles. The Balaban J connectivity index is 1.60. The van der Waals surface area contributed by atoms with Crippen LogP contribution in [0.25, 0.3) is 16.7 Å². The van der Waals surface area contributed by atoms with E-state index in [1.165, 1.54) is 21.8 Å². The number of carbonyl (C=O) groups excluding carboxylic acids is 2. The van der Waals surface area contributed by atoms with Crippen LogP contribution in [0.5, 0.6) is 0 Å². The van der Waals surface area contributed by atoms with Crippen LogP contribution >= 0.6 is 11.3 Å². The number of nitrogens with zero attached hydrogens (tertiary/aromatic N) is 3. The van der Waals surface area contributed by atoms with E-state index in [4.69, 9.17) is 14.9 Å². The number of fused-ring (bicyclic) bond motifs is 3. The highest BCUT2D eigenvalue weighted by molar-refractivity contribution is 7.17. The number of ether oxygens (including phenoxy) is 2. The van der Waals surface area contributed by atoms with Crippen molar-refractivity contribution in [2.75, 3.05) is 18.5 Å². The van der Waals surface area contributed by atoms with Crippen LogP contribution in [0.1, 0.15) is 71.2 Å². The van der Waals surface area contributed by atoms with E-state index in [0.29, 0.717) is 41.4 Å². The summed E-state index contributed by atoms with van der Waals surface area (Å²) in [5, 5.41) is 12.5. The minimum atomic E-state index is -0.569. The Hall–Kier alpha value is -3.83. The summed E-state index contributed by atoms with van der Waals surface area (Å²) < 4.78 is 14.0. The number of esters is 1. The number of pyridine rings is 2. The predicted octanol–water partition coefficient (Wildman–Crippen LogP) is 4.31.